The van der Waals surface area contributed by atoms with Crippen molar-refractivity contribution >= 4 is 18.5 Å². The van der Waals surface area contributed by atoms with Gasteiger partial charge in [0.15, 0.2) is 0 Å². The Hall–Kier alpha value is -3.17. The molecule has 26 heavy (non-hydrogen) atoms. The van der Waals surface area contributed by atoms with Crippen LogP contribution < -0.4 is 30.6 Å². The molecule has 1 aromatic heterocycles. The van der Waals surface area contributed by atoms with Crippen molar-refractivity contribution in [2.24, 2.45) is 0 Å². The second-order valence-electron chi connectivity index (χ2n) is 2.68. The third-order valence-corrected chi connectivity index (χ3v) is 1.17. The first-order valence-corrected chi connectivity index (χ1v) is 4.71. The third kappa shape index (κ3) is 32.7. The van der Waals surface area contributed by atoms with Crippen molar-refractivity contribution in [3.05, 3.63) is 38.9 Å². The van der Waals surface area contributed by atoms with Gasteiger partial charge in [0.25, 0.3) is 0 Å². The summed E-state index contributed by atoms with van der Waals surface area (Å²) in [6, 6.07) is 0. The van der Waals surface area contributed by atoms with Crippen molar-refractivity contribution in [2.45, 2.75) is 6.29 Å². The molecule has 0 aliphatic carbocycles. The molecule has 0 fully saturated rings. The number of rotatable bonds is 3. The molecule has 0 atom stereocenters. The Kier molecular flexibility index (Phi) is 26.2. The van der Waals surface area contributed by atoms with Crippen LogP contribution in [-0.2, 0) is 33.6 Å². The van der Waals surface area contributed by atoms with Crippen molar-refractivity contribution in [2.75, 3.05) is 0 Å². The summed E-state index contributed by atoms with van der Waals surface area (Å²) in [6.45, 7) is 0. The molecular formula is C7H4Co2N4O13. The molecule has 0 aliphatic heterocycles. The normalized spacial score (nSPS) is 7.42. The zero-order valence-corrected chi connectivity index (χ0v) is 13.7. The summed E-state index contributed by atoms with van der Waals surface area (Å²) < 4.78 is 0.806. The zero-order chi connectivity index (χ0) is 19.9. The quantitative estimate of drug-likeness (QED) is 0.225. The fraction of sp³-hybridized carbons (Fsp3) is 0.143. The van der Waals surface area contributed by atoms with Gasteiger partial charge in [0.05, 0.1) is 0 Å². The van der Waals surface area contributed by atoms with Crippen LogP contribution in [0.5, 0.6) is 0 Å². The minimum absolute atomic E-state index is 0. The summed E-state index contributed by atoms with van der Waals surface area (Å²) in [7, 11) is 0. The van der Waals surface area contributed by atoms with E-state index in [-0.39, 0.29) is 33.6 Å². The standard InChI is InChI=1S/C4H4N4O4.3CH2O3.2Co/c9-7(10)4(8(11)12)6-2-1-5-3-6;3*2-1(3)4;;/h1-4H;3*(H2,2,3,4);;/q;;;;2*+3/p-6. The van der Waals surface area contributed by atoms with Gasteiger partial charge in [0, 0.05) is 12.4 Å². The van der Waals surface area contributed by atoms with E-state index in [0.29, 0.717) is 0 Å². The predicted octanol–water partition coefficient (Wildman–Crippen LogP) is -7.45. The van der Waals surface area contributed by atoms with Gasteiger partial charge < -0.3 is 45.0 Å². The van der Waals surface area contributed by atoms with E-state index in [9.17, 15) is 20.2 Å². The second kappa shape index (κ2) is 19.9. The fourth-order valence-corrected chi connectivity index (χ4v) is 0.701. The molecule has 0 aliphatic rings. The van der Waals surface area contributed by atoms with Gasteiger partial charge in [-0.25, -0.2) is 9.55 Å². The van der Waals surface area contributed by atoms with E-state index in [4.69, 9.17) is 45.0 Å². The van der Waals surface area contributed by atoms with Crippen LogP contribution in [0.4, 0.5) is 14.4 Å². The van der Waals surface area contributed by atoms with E-state index in [1.807, 2.05) is 0 Å². The van der Waals surface area contributed by atoms with Crippen LogP contribution in [0.15, 0.2) is 18.7 Å². The molecule has 0 amide bonds. The molecule has 148 valence electrons. The largest absolute Gasteiger partial charge is 3.00 e. The molecule has 0 saturated heterocycles. The van der Waals surface area contributed by atoms with Crippen LogP contribution in [0.3, 0.4) is 0 Å². The van der Waals surface area contributed by atoms with Crippen molar-refractivity contribution < 1.29 is 88.4 Å². The first-order chi connectivity index (χ1) is 10.8. The van der Waals surface area contributed by atoms with Gasteiger partial charge in [0.1, 0.15) is 16.2 Å². The summed E-state index contributed by atoms with van der Waals surface area (Å²) in [5.74, 6) is 0. The summed E-state index contributed by atoms with van der Waals surface area (Å²) in [6.07, 6.45) is -5.56. The average Bonchev–Trinajstić information content (AvgIpc) is 2.78. The molecule has 0 radical (unpaired) electrons. The molecule has 0 aromatic carbocycles. The minimum atomic E-state index is -2.33. The minimum Gasteiger partial charge on any atom is -0.652 e. The zero-order valence-electron chi connectivity index (χ0n) is 11.6. The van der Waals surface area contributed by atoms with Gasteiger partial charge in [-0.2, -0.15) is 0 Å². The summed E-state index contributed by atoms with van der Waals surface area (Å²) in [5, 5.41) is 70.3. The number of carboxylic acid groups (broad SMARTS) is 6. The van der Waals surface area contributed by atoms with Gasteiger partial charge in [-0.3, -0.25) is 20.2 Å². The van der Waals surface area contributed by atoms with Crippen molar-refractivity contribution in [1.29, 1.82) is 0 Å². The van der Waals surface area contributed by atoms with Gasteiger partial charge in [0.2, 0.25) is 0 Å². The molecule has 19 heteroatoms. The Morgan fingerprint density at radius 3 is 1.23 bits per heavy atom. The van der Waals surface area contributed by atoms with Crippen LogP contribution in [0.1, 0.15) is 6.29 Å². The summed E-state index contributed by atoms with van der Waals surface area (Å²) in [4.78, 5) is 46.8. The van der Waals surface area contributed by atoms with Gasteiger partial charge >= 0.3 is 39.8 Å². The van der Waals surface area contributed by atoms with E-state index >= 15 is 0 Å². The Balaban J connectivity index is -0.0000000886. The molecule has 0 unspecified atom stereocenters. The van der Waals surface area contributed by atoms with Crippen LogP contribution in [0.25, 0.3) is 0 Å². The number of nitro groups is 2. The number of hydrogen-bond acceptors (Lipinski definition) is 14. The van der Waals surface area contributed by atoms with Crippen LogP contribution in [0, 0.1) is 20.2 Å². The average molecular weight is 470 g/mol. The number of aromatic nitrogens is 2. The monoisotopic (exact) mass is 470 g/mol. The molecule has 17 nitrogen and oxygen atoms in total. The SMILES string of the molecule is O=C([O-])[O-].O=C([O-])[O-].O=C([O-])[O-].O=[N+]([O-])C(n1ccnc1)[N+](=O)[O-].[Co+3].[Co+3]. The number of carbonyl (C=O) groups excluding carboxylic acids is 3. The summed E-state index contributed by atoms with van der Waals surface area (Å²) in [5.41, 5.74) is 0. The Bertz CT molecular complexity index is 496. The molecule has 0 bridgehead atoms. The second-order valence-corrected chi connectivity index (χ2v) is 2.68. The third-order valence-electron chi connectivity index (χ3n) is 1.17. The number of carbonyl (C=O) groups is 3. The Morgan fingerprint density at radius 2 is 1.08 bits per heavy atom. The first-order valence-electron chi connectivity index (χ1n) is 4.71. The van der Waals surface area contributed by atoms with Crippen molar-refractivity contribution in [3.8, 4) is 0 Å². The van der Waals surface area contributed by atoms with Crippen LogP contribution in [-0.4, -0.2) is 37.9 Å². The van der Waals surface area contributed by atoms with E-state index in [2.05, 4.69) is 4.98 Å². The van der Waals surface area contributed by atoms with Crippen LogP contribution >= 0.6 is 0 Å². The van der Waals surface area contributed by atoms with Gasteiger partial charge in [-0.1, -0.05) is 0 Å². The topological polar surface area (TPSA) is 294 Å². The van der Waals surface area contributed by atoms with E-state index in [0.717, 1.165) is 17.1 Å². The Morgan fingerprint density at radius 1 is 0.808 bits per heavy atom. The summed E-state index contributed by atoms with van der Waals surface area (Å²) >= 11 is 0. The van der Waals surface area contributed by atoms with Crippen molar-refractivity contribution in [3.63, 3.8) is 0 Å². The predicted molar refractivity (Wildman–Crippen MR) is 51.4 cm³/mol. The number of hydrogen-bond donors (Lipinski definition) is 0. The number of imidazole rings is 1. The Labute approximate surface area is 162 Å². The molecule has 0 spiro atoms. The van der Waals surface area contributed by atoms with Crippen LogP contribution in [0.2, 0.25) is 0 Å². The molecule has 0 N–H and O–H groups in total. The maximum atomic E-state index is 10.2. The van der Waals surface area contributed by atoms with Crippen molar-refractivity contribution in [1.82, 2.24) is 9.55 Å². The maximum Gasteiger partial charge on any atom is 3.00 e. The smallest absolute Gasteiger partial charge is 0.652 e. The molecule has 1 rings (SSSR count). The fourth-order valence-electron chi connectivity index (χ4n) is 0.701. The molecule has 0 saturated carbocycles. The van der Waals surface area contributed by atoms with E-state index < -0.39 is 34.6 Å². The molecule has 1 heterocycles. The molecular weight excluding hydrogens is 466 g/mol. The first kappa shape index (κ1) is 34.2. The van der Waals surface area contributed by atoms with E-state index in [1.54, 1.807) is 0 Å². The maximum absolute atomic E-state index is 10.2. The van der Waals surface area contributed by atoms with Gasteiger partial charge in [-0.15, -0.1) is 0 Å². The van der Waals surface area contributed by atoms with Gasteiger partial charge in [-0.05, 0) is 18.5 Å². The number of nitrogens with zero attached hydrogens (tertiary/aromatic N) is 4. The van der Waals surface area contributed by atoms with E-state index in [1.165, 1.54) is 6.20 Å². The molecule has 1 aromatic rings.